The Hall–Kier alpha value is -1.61. The maximum Gasteiger partial charge on any atom is 0.0952 e. The van der Waals surface area contributed by atoms with E-state index in [9.17, 15) is 0 Å². The fraction of sp³-hybridized carbons (Fsp3) is 0.438. The first-order valence-electron chi connectivity index (χ1n) is 6.96. The summed E-state index contributed by atoms with van der Waals surface area (Å²) in [6.45, 7) is 9.33. The number of nitrogens with one attached hydrogen (secondary N) is 1. The maximum atomic E-state index is 4.45. The van der Waals surface area contributed by atoms with Crippen molar-refractivity contribution < 1.29 is 0 Å². The van der Waals surface area contributed by atoms with Gasteiger partial charge in [0.05, 0.1) is 12.0 Å². The number of likely N-dealkylation sites (N-methyl/N-ethyl adjacent to an activating group) is 1. The minimum absolute atomic E-state index is 0.900. The minimum atomic E-state index is 0.900. The second-order valence-electron chi connectivity index (χ2n) is 5.14. The molecule has 1 aromatic heterocycles. The van der Waals surface area contributed by atoms with Gasteiger partial charge in [-0.05, 0) is 26.0 Å². The van der Waals surface area contributed by atoms with Crippen molar-refractivity contribution in [2.24, 2.45) is 0 Å². The monoisotopic (exact) mass is 257 g/mol. The Balaban J connectivity index is 1.99. The number of hydrogen-bond acceptors (Lipinski definition) is 2. The molecule has 2 rings (SSSR count). The highest BCUT2D eigenvalue weighted by atomic mass is 15.0. The highest BCUT2D eigenvalue weighted by molar-refractivity contribution is 5.28. The van der Waals surface area contributed by atoms with Gasteiger partial charge in [0.1, 0.15) is 0 Å². The van der Waals surface area contributed by atoms with Gasteiger partial charge >= 0.3 is 0 Å². The molecule has 1 N–H and O–H groups in total. The Morgan fingerprint density at radius 2 is 1.89 bits per heavy atom. The number of rotatable bonds is 6. The minimum Gasteiger partial charge on any atom is -0.333 e. The van der Waals surface area contributed by atoms with Crippen LogP contribution in [0.25, 0.3) is 0 Å². The summed E-state index contributed by atoms with van der Waals surface area (Å²) in [5.41, 5.74) is 5.14. The largest absolute Gasteiger partial charge is 0.333 e. The standard InChI is InChI=1S/C16H23N3/c1-4-17-6-5-16-11-19(12-18-16)10-15-8-13(2)7-14(3)9-15/h7-9,11-12,17H,4-6,10H2,1-3H3. The zero-order valence-electron chi connectivity index (χ0n) is 12.1. The van der Waals surface area contributed by atoms with Gasteiger partial charge < -0.3 is 9.88 Å². The van der Waals surface area contributed by atoms with Crippen molar-refractivity contribution in [3.05, 3.63) is 53.1 Å². The summed E-state index contributed by atoms with van der Waals surface area (Å²) >= 11 is 0. The van der Waals surface area contributed by atoms with Gasteiger partial charge in [0.15, 0.2) is 0 Å². The van der Waals surface area contributed by atoms with Gasteiger partial charge in [-0.1, -0.05) is 36.2 Å². The van der Waals surface area contributed by atoms with Crippen LogP contribution in [-0.4, -0.2) is 22.6 Å². The molecule has 0 unspecified atom stereocenters. The molecule has 3 heteroatoms. The van der Waals surface area contributed by atoms with Crippen LogP contribution in [-0.2, 0) is 13.0 Å². The Morgan fingerprint density at radius 3 is 2.58 bits per heavy atom. The number of aryl methyl sites for hydroxylation is 2. The van der Waals surface area contributed by atoms with E-state index in [0.717, 1.165) is 31.7 Å². The van der Waals surface area contributed by atoms with Crippen molar-refractivity contribution in [2.45, 2.75) is 33.7 Å². The van der Waals surface area contributed by atoms with E-state index in [0.29, 0.717) is 0 Å². The van der Waals surface area contributed by atoms with Crippen LogP contribution in [0.2, 0.25) is 0 Å². The Kier molecular flexibility index (Phi) is 4.74. The molecule has 0 atom stereocenters. The van der Waals surface area contributed by atoms with E-state index in [1.165, 1.54) is 16.7 Å². The summed E-state index contributed by atoms with van der Waals surface area (Å²) in [5, 5.41) is 3.32. The first kappa shape index (κ1) is 13.8. The molecule has 0 bridgehead atoms. The third-order valence-corrected chi connectivity index (χ3v) is 3.14. The van der Waals surface area contributed by atoms with Gasteiger partial charge in [0, 0.05) is 25.7 Å². The number of benzene rings is 1. The molecule has 3 nitrogen and oxygen atoms in total. The van der Waals surface area contributed by atoms with E-state index < -0.39 is 0 Å². The quantitative estimate of drug-likeness (QED) is 0.806. The summed E-state index contributed by atoms with van der Waals surface area (Å²) < 4.78 is 2.16. The molecule has 19 heavy (non-hydrogen) atoms. The van der Waals surface area contributed by atoms with Crippen LogP contribution in [0.5, 0.6) is 0 Å². The summed E-state index contributed by atoms with van der Waals surface area (Å²) in [4.78, 5) is 4.45. The van der Waals surface area contributed by atoms with Crippen LogP contribution < -0.4 is 5.32 Å². The number of nitrogens with zero attached hydrogens (tertiary/aromatic N) is 2. The van der Waals surface area contributed by atoms with E-state index >= 15 is 0 Å². The molecule has 1 heterocycles. The van der Waals surface area contributed by atoms with Gasteiger partial charge in [-0.15, -0.1) is 0 Å². The van der Waals surface area contributed by atoms with E-state index in [4.69, 9.17) is 0 Å². The molecule has 0 amide bonds. The molecule has 0 saturated carbocycles. The third-order valence-electron chi connectivity index (χ3n) is 3.14. The normalized spacial score (nSPS) is 10.9. The molecule has 0 fully saturated rings. The zero-order valence-corrected chi connectivity index (χ0v) is 12.1. The van der Waals surface area contributed by atoms with Gasteiger partial charge in [0.2, 0.25) is 0 Å². The fourth-order valence-corrected chi connectivity index (χ4v) is 2.39. The van der Waals surface area contributed by atoms with Gasteiger partial charge in [0.25, 0.3) is 0 Å². The van der Waals surface area contributed by atoms with Gasteiger partial charge in [-0.25, -0.2) is 4.98 Å². The van der Waals surface area contributed by atoms with Gasteiger partial charge in [-0.3, -0.25) is 0 Å². The lowest BCUT2D eigenvalue weighted by Crippen LogP contribution is -2.16. The van der Waals surface area contributed by atoms with Crippen molar-refractivity contribution in [3.63, 3.8) is 0 Å². The highest BCUT2D eigenvalue weighted by Crippen LogP contribution is 2.11. The summed E-state index contributed by atoms with van der Waals surface area (Å²) in [7, 11) is 0. The Bertz CT molecular complexity index is 508. The molecule has 2 aromatic rings. The molecular formula is C16H23N3. The smallest absolute Gasteiger partial charge is 0.0952 e. The Morgan fingerprint density at radius 1 is 1.16 bits per heavy atom. The SMILES string of the molecule is CCNCCc1cn(Cc2cc(C)cc(C)c2)cn1. The van der Waals surface area contributed by atoms with Crippen molar-refractivity contribution in [2.75, 3.05) is 13.1 Å². The van der Waals surface area contributed by atoms with E-state index in [2.05, 4.69) is 60.0 Å². The first-order valence-corrected chi connectivity index (χ1v) is 6.96. The molecule has 1 aromatic carbocycles. The number of aromatic nitrogens is 2. The topological polar surface area (TPSA) is 29.9 Å². The number of hydrogen-bond donors (Lipinski definition) is 1. The highest BCUT2D eigenvalue weighted by Gasteiger charge is 2.01. The van der Waals surface area contributed by atoms with Gasteiger partial charge in [-0.2, -0.15) is 0 Å². The van der Waals surface area contributed by atoms with Crippen LogP contribution in [0.1, 0.15) is 29.3 Å². The van der Waals surface area contributed by atoms with Crippen LogP contribution >= 0.6 is 0 Å². The van der Waals surface area contributed by atoms with E-state index in [1.54, 1.807) is 0 Å². The van der Waals surface area contributed by atoms with Crippen LogP contribution in [0.3, 0.4) is 0 Å². The first-order chi connectivity index (χ1) is 9.17. The summed E-state index contributed by atoms with van der Waals surface area (Å²) in [6.07, 6.45) is 5.07. The molecule has 0 radical (unpaired) electrons. The van der Waals surface area contributed by atoms with Crippen molar-refractivity contribution in [3.8, 4) is 0 Å². The molecule has 102 valence electrons. The maximum absolute atomic E-state index is 4.45. The molecule has 0 saturated heterocycles. The fourth-order valence-electron chi connectivity index (χ4n) is 2.39. The number of imidazole rings is 1. The van der Waals surface area contributed by atoms with Crippen LogP contribution in [0.15, 0.2) is 30.7 Å². The molecular weight excluding hydrogens is 234 g/mol. The van der Waals surface area contributed by atoms with Crippen molar-refractivity contribution in [1.82, 2.24) is 14.9 Å². The van der Waals surface area contributed by atoms with Crippen molar-refractivity contribution >= 4 is 0 Å². The molecule has 0 aliphatic rings. The average Bonchev–Trinajstić information content (AvgIpc) is 2.76. The van der Waals surface area contributed by atoms with E-state index in [-0.39, 0.29) is 0 Å². The second-order valence-corrected chi connectivity index (χ2v) is 5.14. The molecule has 0 spiro atoms. The van der Waals surface area contributed by atoms with Crippen LogP contribution in [0.4, 0.5) is 0 Å². The molecule has 0 aliphatic heterocycles. The van der Waals surface area contributed by atoms with E-state index in [1.807, 2.05) is 6.33 Å². The zero-order chi connectivity index (χ0) is 13.7. The summed E-state index contributed by atoms with van der Waals surface area (Å²) in [5.74, 6) is 0. The lowest BCUT2D eigenvalue weighted by atomic mass is 10.1. The van der Waals surface area contributed by atoms with Crippen LogP contribution in [0, 0.1) is 13.8 Å². The van der Waals surface area contributed by atoms with Crippen molar-refractivity contribution in [1.29, 1.82) is 0 Å². The second kappa shape index (κ2) is 6.53. The third kappa shape index (κ3) is 4.21. The Labute approximate surface area is 115 Å². The summed E-state index contributed by atoms with van der Waals surface area (Å²) in [6, 6.07) is 6.69. The lowest BCUT2D eigenvalue weighted by Gasteiger charge is -2.05. The predicted molar refractivity (Wildman–Crippen MR) is 79.5 cm³/mol. The molecule has 0 aliphatic carbocycles. The predicted octanol–water partition coefficient (Wildman–Crippen LogP) is 2.70. The average molecular weight is 257 g/mol. The lowest BCUT2D eigenvalue weighted by molar-refractivity contribution is 0.708.